The molecule has 0 spiro atoms. The summed E-state index contributed by atoms with van der Waals surface area (Å²) in [7, 11) is 1.86. The second-order valence-corrected chi connectivity index (χ2v) is 4.18. The number of hydrogen-bond acceptors (Lipinski definition) is 3. The summed E-state index contributed by atoms with van der Waals surface area (Å²) in [5.74, 6) is 0. The third-order valence-electron chi connectivity index (χ3n) is 3.11. The van der Waals surface area contributed by atoms with Gasteiger partial charge in [0.1, 0.15) is 0 Å². The van der Waals surface area contributed by atoms with Crippen LogP contribution >= 0.6 is 0 Å². The first-order chi connectivity index (χ1) is 8.27. The minimum atomic E-state index is -0.300. The van der Waals surface area contributed by atoms with Crippen LogP contribution in [0.1, 0.15) is 11.6 Å². The molecule has 2 atom stereocenters. The SMILES string of the molecule is CNC(c1cccc2ccccc12)C(N)CO. The third-order valence-corrected chi connectivity index (χ3v) is 3.11. The average molecular weight is 230 g/mol. The molecule has 2 rings (SSSR count). The topological polar surface area (TPSA) is 58.3 Å². The van der Waals surface area contributed by atoms with E-state index in [2.05, 4.69) is 29.6 Å². The van der Waals surface area contributed by atoms with Crippen molar-refractivity contribution in [2.75, 3.05) is 13.7 Å². The van der Waals surface area contributed by atoms with Gasteiger partial charge in [-0.15, -0.1) is 0 Å². The Morgan fingerprint density at radius 2 is 1.88 bits per heavy atom. The van der Waals surface area contributed by atoms with Gasteiger partial charge in [-0.1, -0.05) is 42.5 Å². The highest BCUT2D eigenvalue weighted by Crippen LogP contribution is 2.25. The lowest BCUT2D eigenvalue weighted by Crippen LogP contribution is -2.39. The molecule has 3 nitrogen and oxygen atoms in total. The van der Waals surface area contributed by atoms with Crippen molar-refractivity contribution in [3.8, 4) is 0 Å². The molecule has 0 aliphatic heterocycles. The molecule has 0 aliphatic rings. The van der Waals surface area contributed by atoms with Crippen LogP contribution in [0, 0.1) is 0 Å². The van der Waals surface area contributed by atoms with E-state index in [1.165, 1.54) is 10.8 Å². The van der Waals surface area contributed by atoms with E-state index in [9.17, 15) is 5.11 Å². The Hall–Kier alpha value is -1.42. The van der Waals surface area contributed by atoms with Gasteiger partial charge in [0.05, 0.1) is 6.61 Å². The maximum atomic E-state index is 9.20. The summed E-state index contributed by atoms with van der Waals surface area (Å²) >= 11 is 0. The summed E-state index contributed by atoms with van der Waals surface area (Å²) in [6.45, 7) is -0.0330. The average Bonchev–Trinajstić information content (AvgIpc) is 2.39. The Morgan fingerprint density at radius 1 is 1.18 bits per heavy atom. The quantitative estimate of drug-likeness (QED) is 0.744. The van der Waals surface area contributed by atoms with Crippen LogP contribution < -0.4 is 11.1 Å². The van der Waals surface area contributed by atoms with Crippen LogP contribution in [-0.2, 0) is 0 Å². The molecule has 2 aromatic rings. The first-order valence-corrected chi connectivity index (χ1v) is 5.79. The molecule has 3 heteroatoms. The molecule has 0 heterocycles. The minimum absolute atomic E-state index is 0.0330. The number of nitrogens with one attached hydrogen (secondary N) is 1. The summed E-state index contributed by atoms with van der Waals surface area (Å²) in [5.41, 5.74) is 7.07. The fraction of sp³-hybridized carbons (Fsp3) is 0.286. The van der Waals surface area contributed by atoms with Crippen molar-refractivity contribution in [2.24, 2.45) is 5.73 Å². The van der Waals surface area contributed by atoms with Gasteiger partial charge in [-0.25, -0.2) is 0 Å². The Morgan fingerprint density at radius 3 is 2.59 bits per heavy atom. The van der Waals surface area contributed by atoms with Gasteiger partial charge in [0.25, 0.3) is 0 Å². The zero-order chi connectivity index (χ0) is 12.3. The minimum Gasteiger partial charge on any atom is -0.395 e. The number of rotatable bonds is 4. The smallest absolute Gasteiger partial charge is 0.0601 e. The Labute approximate surface area is 101 Å². The Bertz CT molecular complexity index is 493. The molecule has 0 aromatic heterocycles. The van der Waals surface area contributed by atoms with Gasteiger partial charge in [0.2, 0.25) is 0 Å². The zero-order valence-electron chi connectivity index (χ0n) is 9.93. The van der Waals surface area contributed by atoms with Gasteiger partial charge in [-0.05, 0) is 23.4 Å². The molecule has 0 amide bonds. The number of fused-ring (bicyclic) bond motifs is 1. The van der Waals surface area contributed by atoms with Crippen LogP contribution in [0.15, 0.2) is 42.5 Å². The lowest BCUT2D eigenvalue weighted by atomic mass is 9.95. The normalized spacial score (nSPS) is 14.8. The molecule has 0 aliphatic carbocycles. The lowest BCUT2D eigenvalue weighted by Gasteiger charge is -2.23. The zero-order valence-corrected chi connectivity index (χ0v) is 9.93. The fourth-order valence-corrected chi connectivity index (χ4v) is 2.23. The van der Waals surface area contributed by atoms with Crippen molar-refractivity contribution in [1.82, 2.24) is 5.32 Å². The molecule has 0 saturated carbocycles. The van der Waals surface area contributed by atoms with Crippen LogP contribution in [0.2, 0.25) is 0 Å². The van der Waals surface area contributed by atoms with Gasteiger partial charge in [-0.3, -0.25) is 0 Å². The Balaban J connectivity index is 2.53. The predicted octanol–water partition coefficient (Wildman–Crippen LogP) is 1.42. The highest BCUT2D eigenvalue weighted by molar-refractivity contribution is 5.86. The molecule has 90 valence electrons. The molecule has 0 bridgehead atoms. The van der Waals surface area contributed by atoms with E-state index in [1.807, 2.05) is 25.2 Å². The number of aliphatic hydroxyl groups excluding tert-OH is 1. The monoisotopic (exact) mass is 230 g/mol. The van der Waals surface area contributed by atoms with Crippen LogP contribution in [-0.4, -0.2) is 24.8 Å². The number of benzene rings is 2. The fourth-order valence-electron chi connectivity index (χ4n) is 2.23. The van der Waals surface area contributed by atoms with Gasteiger partial charge < -0.3 is 16.2 Å². The van der Waals surface area contributed by atoms with E-state index in [1.54, 1.807) is 0 Å². The van der Waals surface area contributed by atoms with Crippen molar-refractivity contribution in [2.45, 2.75) is 12.1 Å². The number of aliphatic hydroxyl groups is 1. The largest absolute Gasteiger partial charge is 0.395 e. The number of likely N-dealkylation sites (N-methyl/N-ethyl adjacent to an activating group) is 1. The number of hydrogen-bond donors (Lipinski definition) is 3. The van der Waals surface area contributed by atoms with E-state index in [4.69, 9.17) is 5.73 Å². The number of nitrogens with two attached hydrogens (primary N) is 1. The van der Waals surface area contributed by atoms with E-state index in [0.717, 1.165) is 5.56 Å². The molecule has 0 fully saturated rings. The second kappa shape index (κ2) is 5.27. The molecule has 2 unspecified atom stereocenters. The Kier molecular flexibility index (Phi) is 3.74. The van der Waals surface area contributed by atoms with Crippen molar-refractivity contribution in [3.05, 3.63) is 48.0 Å². The molecular formula is C14H18N2O. The molecular weight excluding hydrogens is 212 g/mol. The van der Waals surface area contributed by atoms with Crippen molar-refractivity contribution in [3.63, 3.8) is 0 Å². The summed E-state index contributed by atoms with van der Waals surface area (Å²) in [5, 5.41) is 14.7. The standard InChI is InChI=1S/C14H18N2O/c1-16-14(13(15)9-17)12-8-4-6-10-5-2-3-7-11(10)12/h2-8,13-14,16-17H,9,15H2,1H3. The summed E-state index contributed by atoms with van der Waals surface area (Å²) < 4.78 is 0. The summed E-state index contributed by atoms with van der Waals surface area (Å²) in [4.78, 5) is 0. The van der Waals surface area contributed by atoms with E-state index in [0.29, 0.717) is 0 Å². The van der Waals surface area contributed by atoms with Crippen LogP contribution in [0.4, 0.5) is 0 Å². The maximum Gasteiger partial charge on any atom is 0.0601 e. The van der Waals surface area contributed by atoms with Crippen LogP contribution in [0.3, 0.4) is 0 Å². The molecule has 4 N–H and O–H groups in total. The molecule has 2 aromatic carbocycles. The first kappa shape index (κ1) is 12.0. The van der Waals surface area contributed by atoms with Crippen molar-refractivity contribution >= 4 is 10.8 Å². The van der Waals surface area contributed by atoms with E-state index < -0.39 is 0 Å². The van der Waals surface area contributed by atoms with Crippen LogP contribution in [0.25, 0.3) is 10.8 Å². The lowest BCUT2D eigenvalue weighted by molar-refractivity contribution is 0.241. The first-order valence-electron chi connectivity index (χ1n) is 5.79. The van der Waals surface area contributed by atoms with Gasteiger partial charge in [0, 0.05) is 12.1 Å². The molecule has 0 radical (unpaired) electrons. The van der Waals surface area contributed by atoms with Crippen molar-refractivity contribution < 1.29 is 5.11 Å². The maximum absolute atomic E-state index is 9.20. The second-order valence-electron chi connectivity index (χ2n) is 4.18. The third kappa shape index (κ3) is 2.31. The van der Waals surface area contributed by atoms with Gasteiger partial charge >= 0.3 is 0 Å². The predicted molar refractivity (Wildman–Crippen MR) is 70.8 cm³/mol. The summed E-state index contributed by atoms with van der Waals surface area (Å²) in [6.07, 6.45) is 0. The van der Waals surface area contributed by atoms with Gasteiger partial charge in [-0.2, -0.15) is 0 Å². The van der Waals surface area contributed by atoms with Gasteiger partial charge in [0.15, 0.2) is 0 Å². The van der Waals surface area contributed by atoms with Crippen LogP contribution in [0.5, 0.6) is 0 Å². The highest BCUT2D eigenvalue weighted by atomic mass is 16.3. The van der Waals surface area contributed by atoms with E-state index >= 15 is 0 Å². The van der Waals surface area contributed by atoms with Crippen molar-refractivity contribution in [1.29, 1.82) is 0 Å². The highest BCUT2D eigenvalue weighted by Gasteiger charge is 2.18. The summed E-state index contributed by atoms with van der Waals surface area (Å²) in [6, 6.07) is 14.0. The van der Waals surface area contributed by atoms with E-state index in [-0.39, 0.29) is 18.7 Å². The molecule has 0 saturated heterocycles. The molecule has 17 heavy (non-hydrogen) atoms.